The van der Waals surface area contributed by atoms with Gasteiger partial charge in [0.1, 0.15) is 6.29 Å². The van der Waals surface area contributed by atoms with Gasteiger partial charge in [0.05, 0.1) is 0 Å². The Bertz CT molecular complexity index is 229. The van der Waals surface area contributed by atoms with Crippen LogP contribution in [0.25, 0.3) is 0 Å². The first kappa shape index (κ1) is 10.6. The summed E-state index contributed by atoms with van der Waals surface area (Å²) in [5.41, 5.74) is 1.02. The second-order valence-electron chi connectivity index (χ2n) is 2.19. The second-order valence-corrected chi connectivity index (χ2v) is 2.19. The fourth-order valence-electron chi connectivity index (χ4n) is 0.717. The Morgan fingerprint density at radius 1 is 1.00 bits per heavy atom. The van der Waals surface area contributed by atoms with E-state index in [-0.39, 0.29) is 0 Å². The number of aldehydes is 1. The van der Waals surface area contributed by atoms with Crippen molar-refractivity contribution in [1.29, 1.82) is 0 Å². The van der Waals surface area contributed by atoms with Crippen molar-refractivity contribution < 1.29 is 4.79 Å². The van der Waals surface area contributed by atoms with Crippen molar-refractivity contribution in [3.05, 3.63) is 48.1 Å². The highest BCUT2D eigenvalue weighted by molar-refractivity contribution is 5.66. The number of rotatable bonds is 4. The topological polar surface area (TPSA) is 17.1 Å². The van der Waals surface area contributed by atoms with Crippen LogP contribution in [0.15, 0.2) is 48.1 Å². The summed E-state index contributed by atoms with van der Waals surface area (Å²) < 4.78 is 0. The van der Waals surface area contributed by atoms with Crippen LogP contribution in [-0.2, 0) is 4.79 Å². The first-order valence-corrected chi connectivity index (χ1v) is 3.92. The Kier molecular flexibility index (Phi) is 6.85. The highest BCUT2D eigenvalue weighted by Gasteiger charge is 1.80. The summed E-state index contributed by atoms with van der Waals surface area (Å²) in [6.45, 7) is 3.89. The van der Waals surface area contributed by atoms with Crippen molar-refractivity contribution in [1.82, 2.24) is 0 Å². The first-order valence-electron chi connectivity index (χ1n) is 3.92. The maximum atomic E-state index is 10.0. The maximum Gasteiger partial charge on any atom is 0.142 e. The molecule has 0 amide bonds. The maximum absolute atomic E-state index is 10.0. The Labute approximate surface area is 73.8 Å². The van der Waals surface area contributed by atoms with Crippen molar-refractivity contribution in [2.24, 2.45) is 0 Å². The van der Waals surface area contributed by atoms with Gasteiger partial charge in [-0.2, -0.15) is 0 Å². The molecule has 0 aliphatic rings. The largest absolute Gasteiger partial charge is 0.299 e. The molecule has 0 radical (unpaired) electrons. The average Bonchev–Trinajstić information content (AvgIpc) is 2.10. The Hall–Kier alpha value is -1.37. The van der Waals surface area contributed by atoms with E-state index < -0.39 is 0 Å². The molecule has 0 atom stereocenters. The van der Waals surface area contributed by atoms with E-state index in [2.05, 4.69) is 0 Å². The minimum Gasteiger partial charge on any atom is -0.299 e. The normalized spacial score (nSPS) is 13.7. The van der Waals surface area contributed by atoms with Gasteiger partial charge in [0, 0.05) is 0 Å². The highest BCUT2D eigenvalue weighted by Crippen LogP contribution is 1.99. The Morgan fingerprint density at radius 2 is 1.75 bits per heavy atom. The van der Waals surface area contributed by atoms with Crippen LogP contribution in [0.2, 0.25) is 0 Å². The monoisotopic (exact) mass is 162 g/mol. The van der Waals surface area contributed by atoms with Crippen LogP contribution >= 0.6 is 0 Å². The van der Waals surface area contributed by atoms with Crippen LogP contribution in [0.4, 0.5) is 0 Å². The van der Waals surface area contributed by atoms with Gasteiger partial charge in [0.15, 0.2) is 0 Å². The molecular weight excluding hydrogens is 148 g/mol. The smallest absolute Gasteiger partial charge is 0.142 e. The van der Waals surface area contributed by atoms with Gasteiger partial charge in [-0.1, -0.05) is 36.5 Å². The summed E-state index contributed by atoms with van der Waals surface area (Å²) in [5, 5.41) is 0. The molecule has 0 N–H and O–H groups in total. The zero-order valence-corrected chi connectivity index (χ0v) is 7.53. The van der Waals surface area contributed by atoms with E-state index in [4.69, 9.17) is 0 Å². The third-order valence-electron chi connectivity index (χ3n) is 1.21. The van der Waals surface area contributed by atoms with Gasteiger partial charge < -0.3 is 0 Å². The summed E-state index contributed by atoms with van der Waals surface area (Å²) in [6, 6.07) is 0. The Balaban J connectivity index is 4.41. The van der Waals surface area contributed by atoms with Crippen LogP contribution in [0.3, 0.4) is 0 Å². The molecule has 0 aliphatic carbocycles. The molecule has 1 nitrogen and oxygen atoms in total. The minimum absolute atomic E-state index is 0.771. The zero-order valence-electron chi connectivity index (χ0n) is 7.53. The van der Waals surface area contributed by atoms with Gasteiger partial charge in [-0.15, -0.1) is 0 Å². The number of allylic oxidation sites excluding steroid dienone is 8. The third kappa shape index (κ3) is 5.42. The summed E-state index contributed by atoms with van der Waals surface area (Å²) in [5.74, 6) is 0. The number of hydrogen-bond acceptors (Lipinski definition) is 1. The second kappa shape index (κ2) is 7.73. The minimum atomic E-state index is 0.771. The van der Waals surface area contributed by atoms with E-state index in [1.165, 1.54) is 6.08 Å². The molecule has 0 aromatic rings. The molecule has 0 aromatic heterocycles. The summed E-state index contributed by atoms with van der Waals surface area (Å²) in [4.78, 5) is 10.0. The molecule has 1 heteroatoms. The molecule has 0 saturated heterocycles. The lowest BCUT2D eigenvalue weighted by atomic mass is 10.2. The summed E-state index contributed by atoms with van der Waals surface area (Å²) >= 11 is 0. The van der Waals surface area contributed by atoms with Crippen molar-refractivity contribution in [2.45, 2.75) is 13.8 Å². The van der Waals surface area contributed by atoms with E-state index in [0.717, 1.165) is 11.9 Å². The lowest BCUT2D eigenvalue weighted by molar-refractivity contribution is -0.104. The van der Waals surface area contributed by atoms with Crippen molar-refractivity contribution in [3.63, 3.8) is 0 Å². The quantitative estimate of drug-likeness (QED) is 0.353. The highest BCUT2D eigenvalue weighted by atomic mass is 16.1. The van der Waals surface area contributed by atoms with Crippen LogP contribution in [-0.4, -0.2) is 6.29 Å². The van der Waals surface area contributed by atoms with Crippen molar-refractivity contribution >= 4 is 6.29 Å². The molecule has 0 rings (SSSR count). The number of hydrogen-bond donors (Lipinski definition) is 0. The average molecular weight is 162 g/mol. The fourth-order valence-corrected chi connectivity index (χ4v) is 0.717. The lowest BCUT2D eigenvalue weighted by Gasteiger charge is -1.88. The predicted molar refractivity (Wildman–Crippen MR) is 52.9 cm³/mol. The molecule has 0 fully saturated rings. The van der Waals surface area contributed by atoms with Gasteiger partial charge in [0.2, 0.25) is 0 Å². The molecule has 64 valence electrons. The van der Waals surface area contributed by atoms with Gasteiger partial charge in [-0.25, -0.2) is 0 Å². The van der Waals surface area contributed by atoms with E-state index in [0.29, 0.717) is 0 Å². The molecule has 0 unspecified atom stereocenters. The molecular formula is C11H14O. The molecule has 0 saturated carbocycles. The SMILES string of the molecule is C\C=C/C=C(C=CC=O)\C=C/C. The summed E-state index contributed by atoms with van der Waals surface area (Å²) in [6.07, 6.45) is 13.7. The number of carbonyl (C=O) groups is 1. The molecule has 12 heavy (non-hydrogen) atoms. The lowest BCUT2D eigenvalue weighted by Crippen LogP contribution is -1.70. The van der Waals surface area contributed by atoms with Crippen LogP contribution in [0.1, 0.15) is 13.8 Å². The molecule has 0 spiro atoms. The first-order chi connectivity index (χ1) is 5.85. The van der Waals surface area contributed by atoms with Crippen LogP contribution < -0.4 is 0 Å². The molecule has 0 heterocycles. The van der Waals surface area contributed by atoms with E-state index in [9.17, 15) is 4.79 Å². The predicted octanol–water partition coefficient (Wildman–Crippen LogP) is 2.82. The number of carbonyl (C=O) groups excluding carboxylic acids is 1. The van der Waals surface area contributed by atoms with Crippen LogP contribution in [0, 0.1) is 0 Å². The van der Waals surface area contributed by atoms with Gasteiger partial charge in [-0.3, -0.25) is 4.79 Å². The third-order valence-corrected chi connectivity index (χ3v) is 1.21. The molecule has 0 aliphatic heterocycles. The summed E-state index contributed by atoms with van der Waals surface area (Å²) in [7, 11) is 0. The van der Waals surface area contributed by atoms with Crippen molar-refractivity contribution in [2.75, 3.05) is 0 Å². The van der Waals surface area contributed by atoms with Gasteiger partial charge in [0.25, 0.3) is 0 Å². The van der Waals surface area contributed by atoms with Gasteiger partial charge in [-0.05, 0) is 25.5 Å². The van der Waals surface area contributed by atoms with Gasteiger partial charge >= 0.3 is 0 Å². The molecule has 0 bridgehead atoms. The van der Waals surface area contributed by atoms with E-state index >= 15 is 0 Å². The van der Waals surface area contributed by atoms with E-state index in [1.807, 2.05) is 44.2 Å². The van der Waals surface area contributed by atoms with Crippen LogP contribution in [0.5, 0.6) is 0 Å². The zero-order chi connectivity index (χ0) is 9.23. The van der Waals surface area contributed by atoms with Crippen molar-refractivity contribution in [3.8, 4) is 0 Å². The van der Waals surface area contributed by atoms with E-state index in [1.54, 1.807) is 6.08 Å². The standard InChI is InChI=1S/C11H14O/c1-3-5-8-11(7-4-2)9-6-10-12/h3-10H,1-2H3/b5-3-,7-4-,9-6?,11-8+. The molecule has 0 aromatic carbocycles. The Morgan fingerprint density at radius 3 is 2.25 bits per heavy atom. The fraction of sp³-hybridized carbons (Fsp3) is 0.182.